The third-order valence-corrected chi connectivity index (χ3v) is 4.57. The summed E-state index contributed by atoms with van der Waals surface area (Å²) in [6.45, 7) is 0. The summed E-state index contributed by atoms with van der Waals surface area (Å²) in [6, 6.07) is 10.1. The Balaban J connectivity index is 1.68. The van der Waals surface area contributed by atoms with Gasteiger partial charge in [-0.2, -0.15) is 0 Å². The zero-order chi connectivity index (χ0) is 19.6. The zero-order valence-corrected chi connectivity index (χ0v) is 15.7. The van der Waals surface area contributed by atoms with Gasteiger partial charge in [-0.3, -0.25) is 19.8 Å². The highest BCUT2D eigenvalue weighted by atomic mass is 35.5. The molecule has 1 aliphatic rings. The van der Waals surface area contributed by atoms with E-state index in [1.165, 1.54) is 19.2 Å². The predicted octanol–water partition coefficient (Wildman–Crippen LogP) is 2.57. The lowest BCUT2D eigenvalue weighted by atomic mass is 10.2. The van der Waals surface area contributed by atoms with Crippen molar-refractivity contribution in [2.45, 2.75) is 12.5 Å². The van der Waals surface area contributed by atoms with E-state index in [0.29, 0.717) is 16.5 Å². The number of hydrogen-bond acceptors (Lipinski definition) is 5. The molecule has 2 aromatic carbocycles. The molecule has 0 unspecified atom stereocenters. The first-order chi connectivity index (χ1) is 12.9. The van der Waals surface area contributed by atoms with Crippen LogP contribution in [0.3, 0.4) is 0 Å². The zero-order valence-electron chi connectivity index (χ0n) is 14.2. The van der Waals surface area contributed by atoms with Crippen molar-refractivity contribution in [3.05, 3.63) is 58.1 Å². The van der Waals surface area contributed by atoms with Gasteiger partial charge in [0.05, 0.1) is 29.8 Å². The number of halogens is 2. The van der Waals surface area contributed by atoms with Crippen LogP contribution in [0.5, 0.6) is 5.75 Å². The molecule has 0 saturated carbocycles. The molecule has 1 atom stereocenters. The molecule has 0 bridgehead atoms. The summed E-state index contributed by atoms with van der Waals surface area (Å²) >= 11 is 11.8. The highest BCUT2D eigenvalue weighted by Gasteiger charge is 2.39. The fraction of sp³-hybridized carbons (Fsp3) is 0.167. The van der Waals surface area contributed by atoms with Crippen molar-refractivity contribution in [2.24, 2.45) is 0 Å². The van der Waals surface area contributed by atoms with E-state index < -0.39 is 17.9 Å². The molecule has 27 heavy (non-hydrogen) atoms. The van der Waals surface area contributed by atoms with Crippen LogP contribution in [0.1, 0.15) is 16.8 Å². The van der Waals surface area contributed by atoms with Crippen molar-refractivity contribution in [1.82, 2.24) is 10.9 Å². The van der Waals surface area contributed by atoms with E-state index in [-0.39, 0.29) is 22.9 Å². The van der Waals surface area contributed by atoms with Crippen molar-refractivity contribution in [1.29, 1.82) is 0 Å². The summed E-state index contributed by atoms with van der Waals surface area (Å²) in [6.07, 6.45) is -0.0889. The summed E-state index contributed by atoms with van der Waals surface area (Å²) in [5.74, 6) is -0.802. The van der Waals surface area contributed by atoms with E-state index >= 15 is 0 Å². The normalized spacial score (nSPS) is 16.6. The average molecular weight is 408 g/mol. The number of ether oxygens (including phenoxy) is 1. The van der Waals surface area contributed by atoms with Gasteiger partial charge in [-0.25, -0.2) is 10.3 Å². The monoisotopic (exact) mass is 407 g/mol. The number of anilines is 1. The Morgan fingerprint density at radius 2 is 1.85 bits per heavy atom. The molecule has 0 radical (unpaired) electrons. The average Bonchev–Trinajstić information content (AvgIpc) is 2.95. The SMILES string of the molecule is COc1ccc(N2C(=O)C[C@@H](NNC(=O)c3cc(Cl)ccc3Cl)C2=O)cc1. The van der Waals surface area contributed by atoms with Crippen LogP contribution in [0.15, 0.2) is 42.5 Å². The number of methoxy groups -OCH3 is 1. The molecule has 3 rings (SSSR count). The van der Waals surface area contributed by atoms with Gasteiger partial charge in [0.15, 0.2) is 0 Å². The number of carbonyl (C=O) groups is 3. The van der Waals surface area contributed by atoms with Crippen molar-refractivity contribution in [2.75, 3.05) is 12.0 Å². The van der Waals surface area contributed by atoms with Gasteiger partial charge >= 0.3 is 0 Å². The Labute approximate surface area is 165 Å². The van der Waals surface area contributed by atoms with E-state index in [2.05, 4.69) is 10.9 Å². The lowest BCUT2D eigenvalue weighted by Gasteiger charge is -2.16. The van der Waals surface area contributed by atoms with E-state index in [1.807, 2.05) is 0 Å². The Morgan fingerprint density at radius 1 is 1.15 bits per heavy atom. The molecule has 0 aromatic heterocycles. The molecule has 2 aromatic rings. The maximum atomic E-state index is 12.6. The smallest absolute Gasteiger partial charge is 0.266 e. The molecule has 2 N–H and O–H groups in total. The molecular weight excluding hydrogens is 393 g/mol. The Hall–Kier alpha value is -2.61. The predicted molar refractivity (Wildman–Crippen MR) is 101 cm³/mol. The fourth-order valence-corrected chi connectivity index (χ4v) is 3.01. The second-order valence-corrected chi connectivity index (χ2v) is 6.59. The number of imide groups is 1. The Kier molecular flexibility index (Phi) is 5.65. The van der Waals surface area contributed by atoms with Gasteiger partial charge in [-0.1, -0.05) is 23.2 Å². The van der Waals surface area contributed by atoms with Crippen LogP contribution >= 0.6 is 23.2 Å². The lowest BCUT2D eigenvalue weighted by molar-refractivity contribution is -0.121. The quantitative estimate of drug-likeness (QED) is 0.587. The number of hydrogen-bond donors (Lipinski definition) is 2. The third-order valence-electron chi connectivity index (χ3n) is 4.01. The second kappa shape index (κ2) is 7.96. The summed E-state index contributed by atoms with van der Waals surface area (Å²) in [5.41, 5.74) is 5.57. The summed E-state index contributed by atoms with van der Waals surface area (Å²) in [7, 11) is 1.52. The van der Waals surface area contributed by atoms with Crippen LogP contribution in [0, 0.1) is 0 Å². The van der Waals surface area contributed by atoms with Crippen molar-refractivity contribution < 1.29 is 19.1 Å². The number of amides is 3. The van der Waals surface area contributed by atoms with Gasteiger partial charge in [-0.05, 0) is 42.5 Å². The van der Waals surface area contributed by atoms with Crippen LogP contribution in [0.25, 0.3) is 0 Å². The van der Waals surface area contributed by atoms with Crippen LogP contribution in [-0.2, 0) is 9.59 Å². The second-order valence-electron chi connectivity index (χ2n) is 5.74. The van der Waals surface area contributed by atoms with E-state index in [1.54, 1.807) is 30.3 Å². The van der Waals surface area contributed by atoms with Crippen molar-refractivity contribution in [3.63, 3.8) is 0 Å². The molecule has 140 valence electrons. The number of hydrazine groups is 1. The van der Waals surface area contributed by atoms with E-state index in [4.69, 9.17) is 27.9 Å². The highest BCUT2D eigenvalue weighted by Crippen LogP contribution is 2.25. The Morgan fingerprint density at radius 3 is 2.52 bits per heavy atom. The molecule has 1 aliphatic heterocycles. The van der Waals surface area contributed by atoms with Crippen molar-refractivity contribution in [3.8, 4) is 5.75 Å². The Bertz CT molecular complexity index is 902. The number of carbonyl (C=O) groups excluding carboxylic acids is 3. The molecule has 9 heteroatoms. The first-order valence-electron chi connectivity index (χ1n) is 7.92. The van der Waals surface area contributed by atoms with Crippen LogP contribution in [-0.4, -0.2) is 30.9 Å². The minimum Gasteiger partial charge on any atom is -0.497 e. The summed E-state index contributed by atoms with van der Waals surface area (Å²) < 4.78 is 5.06. The highest BCUT2D eigenvalue weighted by molar-refractivity contribution is 6.35. The van der Waals surface area contributed by atoms with Crippen LogP contribution in [0.4, 0.5) is 5.69 Å². The number of nitrogens with zero attached hydrogens (tertiary/aromatic N) is 1. The van der Waals surface area contributed by atoms with Crippen LogP contribution in [0.2, 0.25) is 10.0 Å². The van der Waals surface area contributed by atoms with Gasteiger partial charge in [0.2, 0.25) is 5.91 Å². The molecular formula is C18H15Cl2N3O4. The topological polar surface area (TPSA) is 87.7 Å². The van der Waals surface area contributed by atoms with Gasteiger partial charge < -0.3 is 4.74 Å². The van der Waals surface area contributed by atoms with Gasteiger partial charge in [0.1, 0.15) is 11.8 Å². The summed E-state index contributed by atoms with van der Waals surface area (Å²) in [5, 5.41) is 0.565. The molecule has 1 heterocycles. The molecule has 0 spiro atoms. The maximum Gasteiger partial charge on any atom is 0.266 e. The standard InChI is InChI=1S/C18H15Cl2N3O4/c1-27-12-5-3-11(4-6-12)23-16(24)9-15(18(23)26)21-22-17(25)13-8-10(19)2-7-14(13)20/h2-8,15,21H,9H2,1H3,(H,22,25)/t15-/m1/s1. The van der Waals surface area contributed by atoms with Gasteiger partial charge in [0.25, 0.3) is 11.8 Å². The maximum absolute atomic E-state index is 12.6. The first-order valence-corrected chi connectivity index (χ1v) is 8.68. The number of nitrogens with one attached hydrogen (secondary N) is 2. The lowest BCUT2D eigenvalue weighted by Crippen LogP contribution is -2.48. The molecule has 1 fully saturated rings. The fourth-order valence-electron chi connectivity index (χ4n) is 2.64. The van der Waals surface area contributed by atoms with Crippen LogP contribution < -0.4 is 20.5 Å². The molecule has 7 nitrogen and oxygen atoms in total. The van der Waals surface area contributed by atoms with Gasteiger partial charge in [-0.15, -0.1) is 0 Å². The van der Waals surface area contributed by atoms with E-state index in [9.17, 15) is 14.4 Å². The molecule has 1 saturated heterocycles. The minimum atomic E-state index is -0.887. The van der Waals surface area contributed by atoms with Gasteiger partial charge in [0, 0.05) is 5.02 Å². The number of rotatable bonds is 5. The minimum absolute atomic E-state index is 0.0889. The van der Waals surface area contributed by atoms with E-state index in [0.717, 1.165) is 4.90 Å². The molecule has 3 amide bonds. The first kappa shape index (κ1) is 19.2. The summed E-state index contributed by atoms with van der Waals surface area (Å²) in [4.78, 5) is 38.1. The molecule has 0 aliphatic carbocycles. The third kappa shape index (κ3) is 4.05. The van der Waals surface area contributed by atoms with Crippen molar-refractivity contribution >= 4 is 46.6 Å². The largest absolute Gasteiger partial charge is 0.497 e. The number of benzene rings is 2.